The Bertz CT molecular complexity index is 460. The van der Waals surface area contributed by atoms with E-state index in [1.807, 2.05) is 0 Å². The van der Waals surface area contributed by atoms with Gasteiger partial charge in [-0.25, -0.2) is 0 Å². The summed E-state index contributed by atoms with van der Waals surface area (Å²) in [5, 5.41) is 2.11. The fourth-order valence-electron chi connectivity index (χ4n) is 2.36. The first-order valence-corrected chi connectivity index (χ1v) is 7.73. The minimum Gasteiger partial charge on any atom is -0.376 e. The zero-order chi connectivity index (χ0) is 13.7. The number of hydrogen-bond acceptors (Lipinski definition) is 4. The molecule has 1 aliphatic heterocycles. The van der Waals surface area contributed by atoms with Crippen LogP contribution in [0.3, 0.4) is 0 Å². The fraction of sp³-hybridized carbons (Fsp3) is 0.600. The average Bonchev–Trinajstić information content (AvgIpc) is 2.84. The van der Waals surface area contributed by atoms with Crippen molar-refractivity contribution in [3.8, 4) is 11.8 Å². The van der Waals surface area contributed by atoms with Gasteiger partial charge in [0.1, 0.15) is 0 Å². The molecule has 0 spiro atoms. The monoisotopic (exact) mass is 278 g/mol. The van der Waals surface area contributed by atoms with E-state index in [1.165, 1.54) is 4.88 Å². The lowest BCUT2D eigenvalue weighted by Gasteiger charge is -2.38. The second kappa shape index (κ2) is 7.06. The van der Waals surface area contributed by atoms with Gasteiger partial charge < -0.3 is 10.5 Å². The Hall–Kier alpha value is -0.860. The molecule has 104 valence electrons. The molecular weight excluding hydrogens is 256 g/mol. The van der Waals surface area contributed by atoms with Crippen LogP contribution >= 0.6 is 11.3 Å². The van der Waals surface area contributed by atoms with Gasteiger partial charge in [-0.1, -0.05) is 18.8 Å². The van der Waals surface area contributed by atoms with Gasteiger partial charge in [-0.2, -0.15) is 0 Å². The first kappa shape index (κ1) is 14.5. The Kier molecular flexibility index (Phi) is 5.41. The molecule has 1 saturated heterocycles. The molecule has 2 atom stereocenters. The Morgan fingerprint density at radius 3 is 3.16 bits per heavy atom. The van der Waals surface area contributed by atoms with Crippen LogP contribution in [0.15, 0.2) is 11.4 Å². The zero-order valence-corrected chi connectivity index (χ0v) is 12.5. The normalized spacial score (nSPS) is 23.9. The molecule has 19 heavy (non-hydrogen) atoms. The van der Waals surface area contributed by atoms with Gasteiger partial charge >= 0.3 is 0 Å². The molecule has 2 rings (SSSR count). The standard InChI is InChI=1S/C15H22N2OS/c1-3-14-10-18-12(2)8-17(14)9-15-7-13(11-19-15)5-4-6-16/h7,11-12,14H,3,6,8-10,16H2,1-2H3. The van der Waals surface area contributed by atoms with Crippen LogP contribution in [-0.4, -0.2) is 36.7 Å². The number of nitrogens with two attached hydrogens (primary N) is 1. The molecular formula is C15H22N2OS. The van der Waals surface area contributed by atoms with E-state index >= 15 is 0 Å². The summed E-state index contributed by atoms with van der Waals surface area (Å²) in [5.74, 6) is 5.99. The first-order chi connectivity index (χ1) is 9.22. The molecule has 0 aliphatic carbocycles. The highest BCUT2D eigenvalue weighted by Gasteiger charge is 2.25. The van der Waals surface area contributed by atoms with Crippen LogP contribution in [-0.2, 0) is 11.3 Å². The summed E-state index contributed by atoms with van der Waals surface area (Å²) in [6.45, 7) is 7.66. The van der Waals surface area contributed by atoms with Crippen molar-refractivity contribution in [2.45, 2.75) is 39.0 Å². The van der Waals surface area contributed by atoms with Crippen molar-refractivity contribution in [1.82, 2.24) is 4.90 Å². The summed E-state index contributed by atoms with van der Waals surface area (Å²) in [4.78, 5) is 3.90. The lowest BCUT2D eigenvalue weighted by Crippen LogP contribution is -2.47. The molecule has 3 nitrogen and oxygen atoms in total. The minimum atomic E-state index is 0.333. The highest BCUT2D eigenvalue weighted by Crippen LogP contribution is 2.21. The lowest BCUT2D eigenvalue weighted by molar-refractivity contribution is -0.0588. The summed E-state index contributed by atoms with van der Waals surface area (Å²) >= 11 is 1.78. The molecule has 2 heterocycles. The molecule has 1 aromatic rings. The van der Waals surface area contributed by atoms with E-state index in [-0.39, 0.29) is 0 Å². The predicted octanol–water partition coefficient (Wildman–Crippen LogP) is 2.06. The van der Waals surface area contributed by atoms with E-state index in [2.05, 4.69) is 42.0 Å². The van der Waals surface area contributed by atoms with Crippen LogP contribution in [0.5, 0.6) is 0 Å². The second-order valence-electron chi connectivity index (χ2n) is 4.94. The third-order valence-electron chi connectivity index (χ3n) is 3.40. The van der Waals surface area contributed by atoms with Crippen LogP contribution in [0, 0.1) is 11.8 Å². The number of nitrogens with zero attached hydrogens (tertiary/aromatic N) is 1. The highest BCUT2D eigenvalue weighted by molar-refractivity contribution is 7.10. The molecule has 1 aromatic heterocycles. The van der Waals surface area contributed by atoms with E-state index in [0.29, 0.717) is 18.7 Å². The smallest absolute Gasteiger partial charge is 0.0674 e. The van der Waals surface area contributed by atoms with Crippen LogP contribution in [0.4, 0.5) is 0 Å². The van der Waals surface area contributed by atoms with Crippen LogP contribution in [0.1, 0.15) is 30.7 Å². The van der Waals surface area contributed by atoms with Crippen LogP contribution < -0.4 is 5.73 Å². The van der Waals surface area contributed by atoms with Gasteiger partial charge in [-0.05, 0) is 19.4 Å². The quantitative estimate of drug-likeness (QED) is 0.860. The summed E-state index contributed by atoms with van der Waals surface area (Å²) in [6, 6.07) is 2.72. The Labute approximate surface area is 119 Å². The predicted molar refractivity (Wildman–Crippen MR) is 80.2 cm³/mol. The summed E-state index contributed by atoms with van der Waals surface area (Å²) < 4.78 is 5.73. The number of hydrogen-bond donors (Lipinski definition) is 1. The lowest BCUT2D eigenvalue weighted by atomic mass is 10.1. The van der Waals surface area contributed by atoms with Crippen molar-refractivity contribution >= 4 is 11.3 Å². The summed E-state index contributed by atoms with van der Waals surface area (Å²) in [7, 11) is 0. The molecule has 1 fully saturated rings. The van der Waals surface area contributed by atoms with Gasteiger partial charge in [0.2, 0.25) is 0 Å². The van der Waals surface area contributed by atoms with Gasteiger partial charge in [0.05, 0.1) is 19.3 Å². The molecule has 1 aliphatic rings. The van der Waals surface area contributed by atoms with Crippen molar-refractivity contribution in [3.05, 3.63) is 21.9 Å². The molecule has 2 N–H and O–H groups in total. The van der Waals surface area contributed by atoms with Gasteiger partial charge in [-0.3, -0.25) is 4.90 Å². The summed E-state index contributed by atoms with van der Waals surface area (Å²) in [5.41, 5.74) is 6.47. The third kappa shape index (κ3) is 4.05. The van der Waals surface area contributed by atoms with Crippen molar-refractivity contribution < 1.29 is 4.74 Å². The third-order valence-corrected chi connectivity index (χ3v) is 4.32. The van der Waals surface area contributed by atoms with Crippen molar-refractivity contribution in [2.75, 3.05) is 19.7 Å². The molecule has 4 heteroatoms. The van der Waals surface area contributed by atoms with E-state index in [4.69, 9.17) is 10.5 Å². The molecule has 0 amide bonds. The number of ether oxygens (including phenoxy) is 1. The molecule has 0 aromatic carbocycles. The molecule has 2 unspecified atom stereocenters. The average molecular weight is 278 g/mol. The maximum atomic E-state index is 5.73. The summed E-state index contributed by atoms with van der Waals surface area (Å²) in [6.07, 6.45) is 1.47. The topological polar surface area (TPSA) is 38.5 Å². The van der Waals surface area contributed by atoms with Crippen molar-refractivity contribution in [3.63, 3.8) is 0 Å². The van der Waals surface area contributed by atoms with E-state index < -0.39 is 0 Å². The zero-order valence-electron chi connectivity index (χ0n) is 11.7. The van der Waals surface area contributed by atoms with Crippen LogP contribution in [0.2, 0.25) is 0 Å². The molecule has 0 bridgehead atoms. The highest BCUT2D eigenvalue weighted by atomic mass is 32.1. The van der Waals surface area contributed by atoms with Gasteiger partial charge in [0.15, 0.2) is 0 Å². The van der Waals surface area contributed by atoms with Crippen LogP contribution in [0.25, 0.3) is 0 Å². The largest absolute Gasteiger partial charge is 0.376 e. The van der Waals surface area contributed by atoms with Gasteiger partial charge in [0, 0.05) is 35.0 Å². The van der Waals surface area contributed by atoms with E-state index in [0.717, 1.165) is 31.7 Å². The van der Waals surface area contributed by atoms with Crippen molar-refractivity contribution in [2.24, 2.45) is 5.73 Å². The first-order valence-electron chi connectivity index (χ1n) is 6.85. The maximum absolute atomic E-state index is 5.73. The van der Waals surface area contributed by atoms with E-state index in [1.54, 1.807) is 11.3 Å². The number of rotatable bonds is 3. The second-order valence-corrected chi connectivity index (χ2v) is 5.94. The molecule has 0 radical (unpaired) electrons. The fourth-order valence-corrected chi connectivity index (χ4v) is 3.21. The maximum Gasteiger partial charge on any atom is 0.0674 e. The van der Waals surface area contributed by atoms with Crippen molar-refractivity contribution in [1.29, 1.82) is 0 Å². The molecule has 0 saturated carbocycles. The number of thiophene rings is 1. The number of morpholine rings is 1. The Balaban J connectivity index is 2.00. The Morgan fingerprint density at radius 2 is 2.42 bits per heavy atom. The van der Waals surface area contributed by atoms with Gasteiger partial charge in [-0.15, -0.1) is 11.3 Å². The van der Waals surface area contributed by atoms with E-state index in [9.17, 15) is 0 Å². The van der Waals surface area contributed by atoms with Gasteiger partial charge in [0.25, 0.3) is 0 Å². The Morgan fingerprint density at radius 1 is 1.58 bits per heavy atom. The SMILES string of the molecule is CCC1COC(C)CN1Cc1cc(C#CCN)cs1. The minimum absolute atomic E-state index is 0.333.